The molecule has 0 radical (unpaired) electrons. The van der Waals surface area contributed by atoms with Gasteiger partial charge in [-0.2, -0.15) is 0 Å². The number of ketones is 1. The molecule has 1 saturated heterocycles. The van der Waals surface area contributed by atoms with E-state index in [0.29, 0.717) is 42.1 Å². The van der Waals surface area contributed by atoms with Gasteiger partial charge in [0.1, 0.15) is 5.82 Å². The molecular formula is C22H21ClFNO4. The fourth-order valence-corrected chi connectivity index (χ4v) is 3.39. The highest BCUT2D eigenvalue weighted by atomic mass is 35.5. The Morgan fingerprint density at radius 1 is 1.00 bits per heavy atom. The molecule has 2 aromatic rings. The van der Waals surface area contributed by atoms with Gasteiger partial charge >= 0.3 is 5.97 Å². The van der Waals surface area contributed by atoms with Crippen LogP contribution in [0.15, 0.2) is 48.5 Å². The molecule has 5 nitrogen and oxygen atoms in total. The highest BCUT2D eigenvalue weighted by molar-refractivity contribution is 6.30. The Labute approximate surface area is 173 Å². The normalized spacial score (nSPS) is 15.6. The number of nitrogens with zero attached hydrogens (tertiary/aromatic N) is 1. The lowest BCUT2D eigenvalue weighted by Gasteiger charge is -2.31. The molecule has 0 N–H and O–H groups in total. The van der Waals surface area contributed by atoms with Crippen LogP contribution in [0.3, 0.4) is 0 Å². The predicted octanol–water partition coefficient (Wildman–Crippen LogP) is 4.15. The van der Waals surface area contributed by atoms with Crippen molar-refractivity contribution in [2.24, 2.45) is 5.92 Å². The van der Waals surface area contributed by atoms with Crippen LogP contribution in [-0.2, 0) is 9.53 Å². The lowest BCUT2D eigenvalue weighted by atomic mass is 9.96. The fraction of sp³-hybridized carbons (Fsp3) is 0.318. The van der Waals surface area contributed by atoms with Crippen molar-refractivity contribution >= 4 is 29.3 Å². The monoisotopic (exact) mass is 417 g/mol. The van der Waals surface area contributed by atoms with Crippen molar-refractivity contribution in [3.63, 3.8) is 0 Å². The molecule has 0 unspecified atom stereocenters. The number of rotatable bonds is 5. The summed E-state index contributed by atoms with van der Waals surface area (Å²) in [4.78, 5) is 38.9. The number of carbonyl (C=O) groups excluding carboxylic acids is 3. The second-order valence-electron chi connectivity index (χ2n) is 7.02. The smallest absolute Gasteiger partial charge is 0.309 e. The van der Waals surface area contributed by atoms with Crippen molar-refractivity contribution < 1.29 is 23.5 Å². The molecule has 0 saturated carbocycles. The molecule has 1 fully saturated rings. The van der Waals surface area contributed by atoms with E-state index in [1.807, 2.05) is 0 Å². The first-order valence-corrected chi connectivity index (χ1v) is 9.78. The quantitative estimate of drug-likeness (QED) is 0.541. The summed E-state index contributed by atoms with van der Waals surface area (Å²) in [6, 6.07) is 11.8. The highest BCUT2D eigenvalue weighted by Gasteiger charge is 2.31. The number of esters is 1. The van der Waals surface area contributed by atoms with Crippen molar-refractivity contribution in [3.05, 3.63) is 70.5 Å². The van der Waals surface area contributed by atoms with Gasteiger partial charge in [-0.05, 0) is 68.3 Å². The van der Waals surface area contributed by atoms with Gasteiger partial charge in [0, 0.05) is 29.2 Å². The number of halogens is 2. The van der Waals surface area contributed by atoms with Gasteiger partial charge in [-0.1, -0.05) is 11.6 Å². The van der Waals surface area contributed by atoms with Crippen molar-refractivity contribution in [1.29, 1.82) is 0 Å². The minimum atomic E-state index is -0.900. The maximum absolute atomic E-state index is 13.0. The number of hydrogen-bond donors (Lipinski definition) is 0. The van der Waals surface area contributed by atoms with E-state index in [4.69, 9.17) is 16.3 Å². The lowest BCUT2D eigenvalue weighted by molar-refractivity contribution is -0.152. The topological polar surface area (TPSA) is 63.7 Å². The number of amides is 1. The third kappa shape index (κ3) is 5.21. The van der Waals surface area contributed by atoms with E-state index in [0.717, 1.165) is 0 Å². The van der Waals surface area contributed by atoms with Crippen LogP contribution in [0, 0.1) is 11.7 Å². The second-order valence-corrected chi connectivity index (χ2v) is 7.46. The Bertz CT molecular complexity index is 890. The number of likely N-dealkylation sites (tertiary alicyclic amines) is 1. The minimum Gasteiger partial charge on any atom is -0.454 e. The first-order valence-electron chi connectivity index (χ1n) is 9.40. The summed E-state index contributed by atoms with van der Waals surface area (Å²) in [5.74, 6) is -1.69. The summed E-state index contributed by atoms with van der Waals surface area (Å²) in [6.07, 6.45) is 0.00360. The number of benzene rings is 2. The van der Waals surface area contributed by atoms with Gasteiger partial charge in [0.2, 0.25) is 5.78 Å². The molecule has 0 aliphatic carbocycles. The SMILES string of the molecule is C[C@H](OC(=O)C1CCN(C(=O)c2ccc(F)cc2)CC1)C(=O)c1ccc(Cl)cc1. The molecule has 2 aromatic carbocycles. The third-order valence-corrected chi connectivity index (χ3v) is 5.25. The summed E-state index contributed by atoms with van der Waals surface area (Å²) < 4.78 is 18.4. The van der Waals surface area contributed by atoms with Gasteiger partial charge in [-0.25, -0.2) is 4.39 Å². The Morgan fingerprint density at radius 2 is 1.55 bits per heavy atom. The van der Waals surface area contributed by atoms with Gasteiger partial charge < -0.3 is 9.64 Å². The molecule has 1 heterocycles. The zero-order valence-electron chi connectivity index (χ0n) is 15.9. The standard InChI is InChI=1S/C22H21ClFNO4/c1-14(20(26)15-2-6-18(23)7-3-15)29-22(28)17-10-12-25(13-11-17)21(27)16-4-8-19(24)9-5-16/h2-9,14,17H,10-13H2,1H3/t14-/m0/s1. The second kappa shape index (κ2) is 9.18. The summed E-state index contributed by atoms with van der Waals surface area (Å²) in [5, 5.41) is 0.521. The summed E-state index contributed by atoms with van der Waals surface area (Å²) in [6.45, 7) is 2.34. The number of carbonyl (C=O) groups is 3. The van der Waals surface area contributed by atoms with Crippen molar-refractivity contribution in [3.8, 4) is 0 Å². The zero-order valence-corrected chi connectivity index (χ0v) is 16.7. The van der Waals surface area contributed by atoms with E-state index >= 15 is 0 Å². The van der Waals surface area contributed by atoms with Crippen LogP contribution >= 0.6 is 11.6 Å². The van der Waals surface area contributed by atoms with Crippen LogP contribution in [0.5, 0.6) is 0 Å². The molecule has 1 atom stereocenters. The molecule has 0 spiro atoms. The van der Waals surface area contributed by atoms with Crippen LogP contribution in [0.25, 0.3) is 0 Å². The minimum absolute atomic E-state index is 0.192. The third-order valence-electron chi connectivity index (χ3n) is 5.00. The summed E-state index contributed by atoms with van der Waals surface area (Å²) in [7, 11) is 0. The van der Waals surface area contributed by atoms with E-state index in [1.54, 1.807) is 36.1 Å². The van der Waals surface area contributed by atoms with Crippen molar-refractivity contribution in [1.82, 2.24) is 4.90 Å². The van der Waals surface area contributed by atoms with Crippen molar-refractivity contribution in [2.45, 2.75) is 25.9 Å². The molecule has 7 heteroatoms. The van der Waals surface area contributed by atoms with Gasteiger partial charge in [-0.15, -0.1) is 0 Å². The van der Waals surface area contributed by atoms with Crippen molar-refractivity contribution in [2.75, 3.05) is 13.1 Å². The number of Topliss-reactive ketones (excluding diaryl/α,β-unsaturated/α-hetero) is 1. The Kier molecular flexibility index (Phi) is 6.64. The molecule has 29 heavy (non-hydrogen) atoms. The Hall–Kier alpha value is -2.73. The average Bonchev–Trinajstić information content (AvgIpc) is 2.74. The maximum atomic E-state index is 13.0. The van der Waals surface area contributed by atoms with Gasteiger partial charge in [0.15, 0.2) is 6.10 Å². The largest absolute Gasteiger partial charge is 0.454 e. The van der Waals surface area contributed by atoms with E-state index in [1.165, 1.54) is 24.3 Å². The number of piperidine rings is 1. The lowest BCUT2D eigenvalue weighted by Crippen LogP contribution is -2.41. The van der Waals surface area contributed by atoms with Crippen LogP contribution < -0.4 is 0 Å². The van der Waals surface area contributed by atoms with E-state index in [-0.39, 0.29) is 17.6 Å². The van der Waals surface area contributed by atoms with Gasteiger partial charge in [0.05, 0.1) is 5.92 Å². The Morgan fingerprint density at radius 3 is 2.14 bits per heavy atom. The van der Waals surface area contributed by atoms with E-state index in [9.17, 15) is 18.8 Å². The molecule has 1 aliphatic heterocycles. The summed E-state index contributed by atoms with van der Waals surface area (Å²) in [5.41, 5.74) is 0.837. The zero-order chi connectivity index (χ0) is 21.0. The van der Waals surface area contributed by atoms with Crippen LogP contribution in [0.1, 0.15) is 40.5 Å². The summed E-state index contributed by atoms with van der Waals surface area (Å²) >= 11 is 5.82. The molecular weight excluding hydrogens is 397 g/mol. The van der Waals surface area contributed by atoms with Crippen LogP contribution in [0.4, 0.5) is 4.39 Å². The van der Waals surface area contributed by atoms with Gasteiger partial charge in [0.25, 0.3) is 5.91 Å². The maximum Gasteiger partial charge on any atom is 0.309 e. The number of hydrogen-bond acceptors (Lipinski definition) is 4. The van der Waals surface area contributed by atoms with Gasteiger partial charge in [-0.3, -0.25) is 14.4 Å². The van der Waals surface area contributed by atoms with Crippen LogP contribution in [-0.4, -0.2) is 41.8 Å². The molecule has 1 aliphatic rings. The highest BCUT2D eigenvalue weighted by Crippen LogP contribution is 2.22. The predicted molar refractivity (Wildman–Crippen MR) is 106 cm³/mol. The van der Waals surface area contributed by atoms with E-state index in [2.05, 4.69) is 0 Å². The fourth-order valence-electron chi connectivity index (χ4n) is 3.27. The molecule has 152 valence electrons. The molecule has 1 amide bonds. The molecule has 0 bridgehead atoms. The first-order chi connectivity index (χ1) is 13.8. The first kappa shape index (κ1) is 21.0. The molecule has 3 rings (SSSR count). The Balaban J connectivity index is 1.51. The van der Waals surface area contributed by atoms with E-state index < -0.39 is 17.9 Å². The average molecular weight is 418 g/mol. The molecule has 0 aromatic heterocycles. The van der Waals surface area contributed by atoms with Crippen LogP contribution in [0.2, 0.25) is 5.02 Å². The number of ether oxygens (including phenoxy) is 1.